The fourth-order valence-corrected chi connectivity index (χ4v) is 1.01. The van der Waals surface area contributed by atoms with Crippen molar-refractivity contribution in [3.8, 4) is 0 Å². The van der Waals surface area contributed by atoms with Gasteiger partial charge in [0.1, 0.15) is 0 Å². The maximum absolute atomic E-state index is 11.3. The van der Waals surface area contributed by atoms with Crippen LogP contribution in [0, 0.1) is 0 Å². The summed E-state index contributed by atoms with van der Waals surface area (Å²) >= 11 is 0. The number of esters is 2. The molecule has 18 heavy (non-hydrogen) atoms. The number of ether oxygens (including phenoxy) is 2. The smallest absolute Gasteiger partial charge is 0.333 e. The van der Waals surface area contributed by atoms with Crippen molar-refractivity contribution in [2.24, 2.45) is 0 Å². The maximum Gasteiger partial charge on any atom is 0.333 e. The molecule has 0 rings (SSSR count). The SMILES string of the molecule is C=C(CCC(=O)OCCCO)C(=O)OCCCO. The molecule has 0 aliphatic carbocycles. The maximum atomic E-state index is 11.3. The summed E-state index contributed by atoms with van der Waals surface area (Å²) in [5, 5.41) is 17.0. The minimum Gasteiger partial charge on any atom is -0.466 e. The summed E-state index contributed by atoms with van der Waals surface area (Å²) in [5.74, 6) is -1.00. The highest BCUT2D eigenvalue weighted by Crippen LogP contribution is 2.06. The predicted octanol–water partition coefficient (Wildman–Crippen LogP) is 0.174. The van der Waals surface area contributed by atoms with Gasteiger partial charge in [0.25, 0.3) is 0 Å². The van der Waals surface area contributed by atoms with Gasteiger partial charge in [-0.3, -0.25) is 4.79 Å². The van der Waals surface area contributed by atoms with Gasteiger partial charge < -0.3 is 19.7 Å². The molecule has 0 saturated heterocycles. The van der Waals surface area contributed by atoms with E-state index in [1.807, 2.05) is 0 Å². The molecule has 0 aromatic carbocycles. The third kappa shape index (κ3) is 8.72. The van der Waals surface area contributed by atoms with Crippen molar-refractivity contribution in [3.05, 3.63) is 12.2 Å². The van der Waals surface area contributed by atoms with Crippen LogP contribution in [0.3, 0.4) is 0 Å². The normalized spacial score (nSPS) is 9.89. The van der Waals surface area contributed by atoms with E-state index in [1.54, 1.807) is 0 Å². The molecule has 0 aromatic rings. The molecule has 0 fully saturated rings. The number of rotatable bonds is 10. The molecule has 0 aromatic heterocycles. The van der Waals surface area contributed by atoms with Crippen LogP contribution in [-0.2, 0) is 19.1 Å². The Balaban J connectivity index is 3.68. The number of hydrogen-bond acceptors (Lipinski definition) is 6. The highest BCUT2D eigenvalue weighted by Gasteiger charge is 2.11. The molecule has 0 amide bonds. The Bertz CT molecular complexity index is 274. The van der Waals surface area contributed by atoms with Crippen LogP contribution in [0.4, 0.5) is 0 Å². The second-order valence-electron chi connectivity index (χ2n) is 3.61. The molecule has 6 nitrogen and oxygen atoms in total. The van der Waals surface area contributed by atoms with Crippen LogP contribution in [-0.4, -0.2) is 48.6 Å². The van der Waals surface area contributed by atoms with E-state index in [9.17, 15) is 9.59 Å². The predicted molar refractivity (Wildman–Crippen MR) is 63.7 cm³/mol. The summed E-state index contributed by atoms with van der Waals surface area (Å²) in [6.45, 7) is 3.75. The van der Waals surface area contributed by atoms with E-state index in [1.165, 1.54) is 0 Å². The molecule has 0 atom stereocenters. The van der Waals surface area contributed by atoms with Crippen molar-refractivity contribution < 1.29 is 29.3 Å². The quantitative estimate of drug-likeness (QED) is 0.330. The van der Waals surface area contributed by atoms with Crippen molar-refractivity contribution in [2.45, 2.75) is 25.7 Å². The first-order valence-corrected chi connectivity index (χ1v) is 5.84. The van der Waals surface area contributed by atoms with Crippen LogP contribution in [0.1, 0.15) is 25.7 Å². The van der Waals surface area contributed by atoms with E-state index >= 15 is 0 Å². The summed E-state index contributed by atoms with van der Waals surface area (Å²) in [7, 11) is 0. The van der Waals surface area contributed by atoms with Gasteiger partial charge in [0.2, 0.25) is 0 Å². The van der Waals surface area contributed by atoms with E-state index in [0.717, 1.165) is 0 Å². The first-order valence-electron chi connectivity index (χ1n) is 5.84. The van der Waals surface area contributed by atoms with Gasteiger partial charge in [0, 0.05) is 38.0 Å². The standard InChI is InChI=1S/C12H20O6/c1-10(12(16)18-9-3-7-14)4-5-11(15)17-8-2-6-13/h13-14H,1-9H2. The molecular formula is C12H20O6. The van der Waals surface area contributed by atoms with Gasteiger partial charge in [0.15, 0.2) is 0 Å². The lowest BCUT2D eigenvalue weighted by Gasteiger charge is -2.06. The van der Waals surface area contributed by atoms with Gasteiger partial charge in [-0.25, -0.2) is 4.79 Å². The third-order valence-corrected chi connectivity index (χ3v) is 2.02. The first kappa shape index (κ1) is 16.6. The number of aliphatic hydroxyl groups excluding tert-OH is 2. The van der Waals surface area contributed by atoms with Crippen molar-refractivity contribution in [1.82, 2.24) is 0 Å². The molecule has 0 bridgehead atoms. The van der Waals surface area contributed by atoms with Crippen LogP contribution >= 0.6 is 0 Å². The highest BCUT2D eigenvalue weighted by molar-refractivity contribution is 5.88. The van der Waals surface area contributed by atoms with E-state index in [4.69, 9.17) is 19.7 Å². The summed E-state index contributed by atoms with van der Waals surface area (Å²) < 4.78 is 9.58. The van der Waals surface area contributed by atoms with Gasteiger partial charge in [-0.1, -0.05) is 6.58 Å². The molecule has 104 valence electrons. The molecule has 0 aliphatic heterocycles. The van der Waals surface area contributed by atoms with Crippen LogP contribution in [0.5, 0.6) is 0 Å². The lowest BCUT2D eigenvalue weighted by molar-refractivity contribution is -0.144. The van der Waals surface area contributed by atoms with Gasteiger partial charge in [-0.15, -0.1) is 0 Å². The monoisotopic (exact) mass is 260 g/mol. The average Bonchev–Trinajstić information content (AvgIpc) is 2.36. The molecule has 0 spiro atoms. The van der Waals surface area contributed by atoms with Gasteiger partial charge in [-0.2, -0.15) is 0 Å². The van der Waals surface area contributed by atoms with E-state index < -0.39 is 11.9 Å². The third-order valence-electron chi connectivity index (χ3n) is 2.02. The summed E-state index contributed by atoms with van der Waals surface area (Å²) in [6, 6.07) is 0. The molecule has 6 heteroatoms. The molecular weight excluding hydrogens is 240 g/mol. The zero-order valence-electron chi connectivity index (χ0n) is 10.4. The van der Waals surface area contributed by atoms with Crippen molar-refractivity contribution in [2.75, 3.05) is 26.4 Å². The Kier molecular flexibility index (Phi) is 9.90. The zero-order valence-corrected chi connectivity index (χ0v) is 10.4. The Hall–Kier alpha value is -1.40. The molecule has 0 saturated carbocycles. The fraction of sp³-hybridized carbons (Fsp3) is 0.667. The van der Waals surface area contributed by atoms with Gasteiger partial charge in [0.05, 0.1) is 13.2 Å². The molecule has 0 heterocycles. The second kappa shape index (κ2) is 10.7. The van der Waals surface area contributed by atoms with Crippen LogP contribution in [0.15, 0.2) is 12.2 Å². The first-order chi connectivity index (χ1) is 8.61. The summed E-state index contributed by atoms with van der Waals surface area (Å²) in [4.78, 5) is 22.5. The van der Waals surface area contributed by atoms with Crippen LogP contribution < -0.4 is 0 Å². The zero-order chi connectivity index (χ0) is 13.8. The van der Waals surface area contributed by atoms with Gasteiger partial charge >= 0.3 is 11.9 Å². The van der Waals surface area contributed by atoms with Crippen molar-refractivity contribution in [3.63, 3.8) is 0 Å². The van der Waals surface area contributed by atoms with Crippen molar-refractivity contribution in [1.29, 1.82) is 0 Å². The lowest BCUT2D eigenvalue weighted by atomic mass is 10.2. The topological polar surface area (TPSA) is 93.1 Å². The summed E-state index contributed by atoms with van der Waals surface area (Å²) in [6.07, 6.45) is 1.01. The van der Waals surface area contributed by atoms with E-state index in [0.29, 0.717) is 12.8 Å². The largest absolute Gasteiger partial charge is 0.466 e. The minimum absolute atomic E-state index is 0.0306. The number of hydrogen-bond donors (Lipinski definition) is 2. The molecule has 0 aliphatic rings. The van der Waals surface area contributed by atoms with Crippen LogP contribution in [0.25, 0.3) is 0 Å². The summed E-state index contributed by atoms with van der Waals surface area (Å²) in [5.41, 5.74) is 0.201. The Labute approximate surface area is 106 Å². The number of carbonyl (C=O) groups excluding carboxylic acids is 2. The van der Waals surface area contributed by atoms with Crippen LogP contribution in [0.2, 0.25) is 0 Å². The Morgan fingerprint density at radius 2 is 1.50 bits per heavy atom. The van der Waals surface area contributed by atoms with Gasteiger partial charge in [-0.05, 0) is 6.42 Å². The second-order valence-corrected chi connectivity index (χ2v) is 3.61. The Morgan fingerprint density at radius 3 is 2.06 bits per heavy atom. The molecule has 2 N–H and O–H groups in total. The Morgan fingerprint density at radius 1 is 0.944 bits per heavy atom. The average molecular weight is 260 g/mol. The van der Waals surface area contributed by atoms with Crippen molar-refractivity contribution >= 4 is 11.9 Å². The molecule has 0 radical (unpaired) electrons. The van der Waals surface area contributed by atoms with E-state index in [-0.39, 0.29) is 44.8 Å². The minimum atomic E-state index is -0.563. The fourth-order valence-electron chi connectivity index (χ4n) is 1.01. The number of aliphatic hydroxyl groups is 2. The lowest BCUT2D eigenvalue weighted by Crippen LogP contribution is -2.12. The molecule has 0 unspecified atom stereocenters. The van der Waals surface area contributed by atoms with E-state index in [2.05, 4.69) is 6.58 Å². The number of carbonyl (C=O) groups is 2. The highest BCUT2D eigenvalue weighted by atomic mass is 16.5.